The van der Waals surface area contributed by atoms with Gasteiger partial charge in [0.05, 0.1) is 6.54 Å². The molecule has 0 heterocycles. The summed E-state index contributed by atoms with van der Waals surface area (Å²) < 4.78 is 12.6. The molecule has 0 bridgehead atoms. The van der Waals surface area contributed by atoms with Gasteiger partial charge in [-0.1, -0.05) is 12.1 Å². The largest absolute Gasteiger partial charge is 0.358 e. The number of hydrogen-bond donors (Lipinski definition) is 2. The molecule has 0 spiro atoms. The molecule has 0 aliphatic rings. The van der Waals surface area contributed by atoms with Crippen LogP contribution >= 0.6 is 0 Å². The van der Waals surface area contributed by atoms with Gasteiger partial charge in [0.15, 0.2) is 0 Å². The summed E-state index contributed by atoms with van der Waals surface area (Å²) in [6, 6.07) is 5.72. The van der Waals surface area contributed by atoms with Crippen LogP contribution in [0, 0.1) is 5.82 Å². The van der Waals surface area contributed by atoms with E-state index in [4.69, 9.17) is 0 Å². The summed E-state index contributed by atoms with van der Waals surface area (Å²) in [7, 11) is 1.49. The number of rotatable bonds is 4. The van der Waals surface area contributed by atoms with Crippen molar-refractivity contribution in [3.63, 3.8) is 0 Å². The van der Waals surface area contributed by atoms with E-state index in [2.05, 4.69) is 10.6 Å². The smallest absolute Gasteiger partial charge is 0.244 e. The standard InChI is InChI=1S/C12H13FN2O2/c1-14-12(17)8-15-11(16)7-4-9-2-5-10(13)6-3-9/h2-7H,8H2,1H3,(H,14,17)(H,15,16)/b7-4+. The molecule has 17 heavy (non-hydrogen) atoms. The molecule has 0 saturated heterocycles. The van der Waals surface area contributed by atoms with Gasteiger partial charge in [-0.3, -0.25) is 9.59 Å². The lowest BCUT2D eigenvalue weighted by Crippen LogP contribution is -2.34. The molecule has 0 aliphatic heterocycles. The summed E-state index contributed by atoms with van der Waals surface area (Å²) in [5.41, 5.74) is 0.710. The second kappa shape index (κ2) is 6.42. The van der Waals surface area contributed by atoms with Gasteiger partial charge in [0, 0.05) is 13.1 Å². The fraction of sp³-hybridized carbons (Fsp3) is 0.167. The maximum Gasteiger partial charge on any atom is 0.244 e. The number of nitrogens with one attached hydrogen (secondary N) is 2. The van der Waals surface area contributed by atoms with Crippen LogP contribution < -0.4 is 10.6 Å². The molecular weight excluding hydrogens is 223 g/mol. The van der Waals surface area contributed by atoms with Crippen molar-refractivity contribution in [2.45, 2.75) is 0 Å². The number of carbonyl (C=O) groups excluding carboxylic acids is 2. The second-order valence-electron chi connectivity index (χ2n) is 3.28. The summed E-state index contributed by atoms with van der Waals surface area (Å²) in [4.78, 5) is 22.1. The highest BCUT2D eigenvalue weighted by Gasteiger charge is 1.99. The van der Waals surface area contributed by atoms with E-state index in [1.165, 1.54) is 25.3 Å². The highest BCUT2D eigenvalue weighted by atomic mass is 19.1. The highest BCUT2D eigenvalue weighted by molar-refractivity contribution is 5.94. The van der Waals surface area contributed by atoms with Crippen LogP contribution in [0.5, 0.6) is 0 Å². The number of likely N-dealkylation sites (N-methyl/N-ethyl adjacent to an activating group) is 1. The SMILES string of the molecule is CNC(=O)CNC(=O)/C=C/c1ccc(F)cc1. The molecule has 0 atom stereocenters. The molecule has 2 amide bonds. The summed E-state index contributed by atoms with van der Waals surface area (Å²) in [5.74, 6) is -0.974. The van der Waals surface area contributed by atoms with Crippen molar-refractivity contribution >= 4 is 17.9 Å². The van der Waals surface area contributed by atoms with E-state index in [1.54, 1.807) is 18.2 Å². The van der Waals surface area contributed by atoms with Crippen LogP contribution in [-0.4, -0.2) is 25.4 Å². The Labute approximate surface area is 98.5 Å². The first kappa shape index (κ1) is 12.9. The Hall–Kier alpha value is -2.17. The Morgan fingerprint density at radius 1 is 1.29 bits per heavy atom. The van der Waals surface area contributed by atoms with Gasteiger partial charge < -0.3 is 10.6 Å². The van der Waals surface area contributed by atoms with Crippen LogP contribution in [0.25, 0.3) is 6.08 Å². The Morgan fingerprint density at radius 3 is 2.53 bits per heavy atom. The Bertz CT molecular complexity index is 427. The lowest BCUT2D eigenvalue weighted by atomic mass is 10.2. The van der Waals surface area contributed by atoms with E-state index in [9.17, 15) is 14.0 Å². The van der Waals surface area contributed by atoms with E-state index < -0.39 is 0 Å². The fourth-order valence-electron chi connectivity index (χ4n) is 1.06. The summed E-state index contributed by atoms with van der Waals surface area (Å²) in [5, 5.41) is 4.78. The van der Waals surface area contributed by atoms with Gasteiger partial charge in [0.2, 0.25) is 11.8 Å². The third-order valence-corrected chi connectivity index (χ3v) is 2.00. The maximum absolute atomic E-state index is 12.6. The number of amides is 2. The molecule has 1 rings (SSSR count). The van der Waals surface area contributed by atoms with E-state index in [0.29, 0.717) is 5.56 Å². The van der Waals surface area contributed by atoms with Crippen molar-refractivity contribution < 1.29 is 14.0 Å². The maximum atomic E-state index is 12.6. The van der Waals surface area contributed by atoms with Crippen LogP contribution in [0.2, 0.25) is 0 Å². The van der Waals surface area contributed by atoms with Crippen molar-refractivity contribution in [3.8, 4) is 0 Å². The topological polar surface area (TPSA) is 58.2 Å². The van der Waals surface area contributed by atoms with Crippen LogP contribution in [0.1, 0.15) is 5.56 Å². The van der Waals surface area contributed by atoms with Crippen molar-refractivity contribution in [3.05, 3.63) is 41.7 Å². The number of halogens is 1. The number of hydrogen-bond acceptors (Lipinski definition) is 2. The van der Waals surface area contributed by atoms with Crippen LogP contribution in [0.4, 0.5) is 4.39 Å². The van der Waals surface area contributed by atoms with E-state index in [0.717, 1.165) is 0 Å². The summed E-state index contributed by atoms with van der Waals surface area (Å²) >= 11 is 0. The normalized spacial score (nSPS) is 10.2. The lowest BCUT2D eigenvalue weighted by Gasteiger charge is -2.00. The minimum absolute atomic E-state index is 0.0664. The van der Waals surface area contributed by atoms with Crippen molar-refractivity contribution in [1.82, 2.24) is 10.6 Å². The molecule has 0 unspecified atom stereocenters. The third-order valence-electron chi connectivity index (χ3n) is 2.00. The molecule has 0 aliphatic carbocycles. The molecule has 1 aromatic carbocycles. The molecule has 5 heteroatoms. The van der Waals surface area contributed by atoms with Crippen LogP contribution in [-0.2, 0) is 9.59 Å². The molecule has 2 N–H and O–H groups in total. The van der Waals surface area contributed by atoms with Gasteiger partial charge in [-0.15, -0.1) is 0 Å². The molecule has 0 aromatic heterocycles. The third kappa shape index (κ3) is 4.92. The van der Waals surface area contributed by atoms with Crippen molar-refractivity contribution in [2.24, 2.45) is 0 Å². The average Bonchev–Trinajstić information content (AvgIpc) is 2.35. The molecule has 0 radical (unpaired) electrons. The Balaban J connectivity index is 2.45. The Kier molecular flexibility index (Phi) is 4.87. The molecular formula is C12H13FN2O2. The number of benzene rings is 1. The van der Waals surface area contributed by atoms with Gasteiger partial charge in [-0.2, -0.15) is 0 Å². The van der Waals surface area contributed by atoms with E-state index in [1.807, 2.05) is 0 Å². The quantitative estimate of drug-likeness (QED) is 0.756. The molecule has 1 aromatic rings. The first-order valence-corrected chi connectivity index (χ1v) is 5.04. The van der Waals surface area contributed by atoms with E-state index in [-0.39, 0.29) is 24.2 Å². The molecule has 0 saturated carbocycles. The van der Waals surface area contributed by atoms with Gasteiger partial charge in [0.1, 0.15) is 5.82 Å². The predicted octanol–water partition coefficient (Wildman–Crippen LogP) is 0.701. The molecule has 4 nitrogen and oxygen atoms in total. The highest BCUT2D eigenvalue weighted by Crippen LogP contribution is 2.04. The zero-order valence-electron chi connectivity index (χ0n) is 9.37. The second-order valence-corrected chi connectivity index (χ2v) is 3.28. The molecule has 0 fully saturated rings. The van der Waals surface area contributed by atoms with Gasteiger partial charge in [0.25, 0.3) is 0 Å². The van der Waals surface area contributed by atoms with Gasteiger partial charge >= 0.3 is 0 Å². The Morgan fingerprint density at radius 2 is 1.94 bits per heavy atom. The van der Waals surface area contributed by atoms with Crippen molar-refractivity contribution in [2.75, 3.05) is 13.6 Å². The summed E-state index contributed by atoms with van der Waals surface area (Å²) in [6.45, 7) is -0.0664. The van der Waals surface area contributed by atoms with Crippen LogP contribution in [0.15, 0.2) is 30.3 Å². The predicted molar refractivity (Wildman–Crippen MR) is 62.5 cm³/mol. The van der Waals surface area contributed by atoms with Gasteiger partial charge in [-0.25, -0.2) is 4.39 Å². The first-order valence-electron chi connectivity index (χ1n) is 5.04. The minimum Gasteiger partial charge on any atom is -0.358 e. The average molecular weight is 236 g/mol. The lowest BCUT2D eigenvalue weighted by molar-refractivity contribution is -0.123. The minimum atomic E-state index is -0.377. The monoisotopic (exact) mass is 236 g/mol. The van der Waals surface area contributed by atoms with Crippen LogP contribution in [0.3, 0.4) is 0 Å². The van der Waals surface area contributed by atoms with Crippen molar-refractivity contribution in [1.29, 1.82) is 0 Å². The fourth-order valence-corrected chi connectivity index (χ4v) is 1.06. The zero-order valence-corrected chi connectivity index (χ0v) is 9.37. The summed E-state index contributed by atoms with van der Waals surface area (Å²) in [6.07, 6.45) is 2.83. The zero-order chi connectivity index (χ0) is 12.7. The van der Waals surface area contributed by atoms with Gasteiger partial charge in [-0.05, 0) is 23.8 Å². The molecule has 90 valence electrons. The van der Waals surface area contributed by atoms with E-state index >= 15 is 0 Å². The number of carbonyl (C=O) groups is 2. The first-order chi connectivity index (χ1) is 8.11.